The topological polar surface area (TPSA) is 87.3 Å². The molecule has 0 radical (unpaired) electrons. The average molecular weight is 359 g/mol. The molecule has 0 aliphatic carbocycles. The van der Waals surface area contributed by atoms with Crippen molar-refractivity contribution in [2.75, 3.05) is 7.11 Å². The summed E-state index contributed by atoms with van der Waals surface area (Å²) in [6, 6.07) is 7.24. The molecule has 2 aromatic heterocycles. The third kappa shape index (κ3) is 4.21. The summed E-state index contributed by atoms with van der Waals surface area (Å²) in [7, 11) is 1.60. The fourth-order valence-electron chi connectivity index (χ4n) is 2.18. The summed E-state index contributed by atoms with van der Waals surface area (Å²) in [5.74, 6) is 0.953. The lowest BCUT2D eigenvalue weighted by atomic mass is 10.2. The van der Waals surface area contributed by atoms with E-state index in [0.29, 0.717) is 11.6 Å². The van der Waals surface area contributed by atoms with Crippen LogP contribution in [-0.2, 0) is 16.0 Å². The van der Waals surface area contributed by atoms with Gasteiger partial charge in [-0.15, -0.1) is 21.5 Å². The number of nitrogens with zero attached hydrogens (tertiary/aromatic N) is 3. The van der Waals surface area contributed by atoms with Gasteiger partial charge in [0, 0.05) is 10.9 Å². The molecule has 0 aliphatic rings. The Balaban J connectivity index is 1.63. The summed E-state index contributed by atoms with van der Waals surface area (Å²) in [6.07, 6.45) is -0.513. The van der Waals surface area contributed by atoms with Gasteiger partial charge in [0.25, 0.3) is 5.89 Å². The van der Waals surface area contributed by atoms with Crippen LogP contribution in [-0.4, -0.2) is 28.3 Å². The molecule has 0 aliphatic heterocycles. The number of esters is 1. The molecule has 8 heteroatoms. The van der Waals surface area contributed by atoms with Crippen LogP contribution >= 0.6 is 11.3 Å². The molecule has 1 unspecified atom stereocenters. The van der Waals surface area contributed by atoms with Gasteiger partial charge < -0.3 is 13.9 Å². The van der Waals surface area contributed by atoms with Gasteiger partial charge in [-0.25, -0.2) is 4.98 Å². The molecule has 25 heavy (non-hydrogen) atoms. The standard InChI is InChI=1S/C17H17N3O4S/c1-10(23-15(21)8-13-9-25-11(2)18-13)16-19-20-17(24-16)12-4-6-14(22-3)7-5-12/h4-7,9-10H,8H2,1-3H3. The van der Waals surface area contributed by atoms with Crippen LogP contribution in [0.4, 0.5) is 0 Å². The van der Waals surface area contributed by atoms with Crippen molar-refractivity contribution in [2.24, 2.45) is 0 Å². The van der Waals surface area contributed by atoms with Gasteiger partial charge >= 0.3 is 5.97 Å². The lowest BCUT2D eigenvalue weighted by Gasteiger charge is -2.08. The molecule has 2 heterocycles. The van der Waals surface area contributed by atoms with E-state index in [0.717, 1.165) is 16.3 Å². The lowest BCUT2D eigenvalue weighted by molar-refractivity contribution is -0.148. The minimum Gasteiger partial charge on any atom is -0.497 e. The Morgan fingerprint density at radius 3 is 2.68 bits per heavy atom. The Morgan fingerprint density at radius 2 is 2.04 bits per heavy atom. The van der Waals surface area contributed by atoms with Crippen molar-refractivity contribution in [2.45, 2.75) is 26.4 Å². The zero-order valence-corrected chi connectivity index (χ0v) is 14.9. The number of carbonyl (C=O) groups is 1. The number of hydrogen-bond donors (Lipinski definition) is 0. The van der Waals surface area contributed by atoms with E-state index in [-0.39, 0.29) is 18.3 Å². The summed E-state index contributed by atoms with van der Waals surface area (Å²) in [5.41, 5.74) is 1.46. The van der Waals surface area contributed by atoms with Crippen LogP contribution in [0.5, 0.6) is 5.75 Å². The number of benzene rings is 1. The summed E-state index contributed by atoms with van der Waals surface area (Å²) >= 11 is 1.50. The second-order valence-corrected chi connectivity index (χ2v) is 6.40. The van der Waals surface area contributed by atoms with Crippen LogP contribution in [0.1, 0.15) is 29.6 Å². The smallest absolute Gasteiger partial charge is 0.312 e. The molecule has 0 spiro atoms. The Kier molecular flexibility index (Phi) is 5.08. The van der Waals surface area contributed by atoms with Crippen molar-refractivity contribution in [3.05, 3.63) is 46.2 Å². The van der Waals surface area contributed by atoms with E-state index < -0.39 is 6.10 Å². The monoisotopic (exact) mass is 359 g/mol. The van der Waals surface area contributed by atoms with E-state index in [1.807, 2.05) is 24.4 Å². The second kappa shape index (κ2) is 7.43. The maximum absolute atomic E-state index is 12.0. The number of hydrogen-bond acceptors (Lipinski definition) is 8. The molecule has 3 aromatic rings. The molecule has 0 saturated heterocycles. The van der Waals surface area contributed by atoms with Gasteiger partial charge in [0.2, 0.25) is 5.89 Å². The predicted molar refractivity (Wildman–Crippen MR) is 91.3 cm³/mol. The Hall–Kier alpha value is -2.74. The number of methoxy groups -OCH3 is 1. The van der Waals surface area contributed by atoms with Crippen molar-refractivity contribution in [1.29, 1.82) is 0 Å². The first-order valence-electron chi connectivity index (χ1n) is 7.63. The zero-order valence-electron chi connectivity index (χ0n) is 14.1. The van der Waals surface area contributed by atoms with Gasteiger partial charge in [0.1, 0.15) is 5.75 Å². The first-order valence-corrected chi connectivity index (χ1v) is 8.51. The van der Waals surface area contributed by atoms with Crippen LogP contribution in [0.2, 0.25) is 0 Å². The lowest BCUT2D eigenvalue weighted by Crippen LogP contribution is -2.12. The van der Waals surface area contributed by atoms with E-state index in [1.165, 1.54) is 11.3 Å². The third-order valence-electron chi connectivity index (χ3n) is 3.43. The van der Waals surface area contributed by atoms with Crippen molar-refractivity contribution in [3.63, 3.8) is 0 Å². The van der Waals surface area contributed by atoms with Gasteiger partial charge in [0.05, 0.1) is 24.2 Å². The minimum atomic E-state index is -0.633. The van der Waals surface area contributed by atoms with Crippen molar-refractivity contribution in [1.82, 2.24) is 15.2 Å². The molecule has 1 atom stereocenters. The Labute approximate surface area is 148 Å². The fraction of sp³-hybridized carbons (Fsp3) is 0.294. The third-order valence-corrected chi connectivity index (χ3v) is 4.25. The number of aromatic nitrogens is 3. The number of thiazole rings is 1. The summed E-state index contributed by atoms with van der Waals surface area (Å²) in [5, 5.41) is 10.7. The normalized spacial score (nSPS) is 12.0. The van der Waals surface area contributed by atoms with Crippen molar-refractivity contribution >= 4 is 17.3 Å². The highest BCUT2D eigenvalue weighted by Gasteiger charge is 2.19. The largest absolute Gasteiger partial charge is 0.497 e. The summed E-state index contributed by atoms with van der Waals surface area (Å²) in [6.45, 7) is 3.58. The first kappa shape index (κ1) is 17.1. The average Bonchev–Trinajstić information content (AvgIpc) is 3.24. The number of ether oxygens (including phenoxy) is 2. The van der Waals surface area contributed by atoms with Crippen LogP contribution in [0.15, 0.2) is 34.1 Å². The zero-order chi connectivity index (χ0) is 17.8. The Morgan fingerprint density at radius 1 is 1.28 bits per heavy atom. The van der Waals surface area contributed by atoms with Crippen LogP contribution in [0.25, 0.3) is 11.5 Å². The highest BCUT2D eigenvalue weighted by atomic mass is 32.1. The molecule has 1 aromatic carbocycles. The molecular formula is C17H17N3O4S. The fourth-order valence-corrected chi connectivity index (χ4v) is 2.79. The van der Waals surface area contributed by atoms with Gasteiger partial charge in [-0.05, 0) is 38.1 Å². The van der Waals surface area contributed by atoms with Crippen LogP contribution in [0, 0.1) is 6.92 Å². The molecule has 3 rings (SSSR count). The molecule has 0 amide bonds. The van der Waals surface area contributed by atoms with Crippen LogP contribution in [0.3, 0.4) is 0 Å². The van der Waals surface area contributed by atoms with E-state index in [1.54, 1.807) is 26.2 Å². The van der Waals surface area contributed by atoms with Gasteiger partial charge in [-0.1, -0.05) is 0 Å². The van der Waals surface area contributed by atoms with E-state index in [9.17, 15) is 4.79 Å². The SMILES string of the molecule is COc1ccc(-c2nnc(C(C)OC(=O)Cc3csc(C)n3)o2)cc1. The van der Waals surface area contributed by atoms with Gasteiger partial charge in [0.15, 0.2) is 6.10 Å². The number of rotatable bonds is 6. The quantitative estimate of drug-likeness (QED) is 0.624. The minimum absolute atomic E-state index is 0.119. The molecule has 0 bridgehead atoms. The molecule has 0 fully saturated rings. The summed E-state index contributed by atoms with van der Waals surface area (Å²) < 4.78 is 16.1. The number of carbonyl (C=O) groups excluding carboxylic acids is 1. The van der Waals surface area contributed by atoms with Crippen molar-refractivity contribution < 1.29 is 18.7 Å². The molecule has 0 saturated carbocycles. The Bertz CT molecular complexity index is 857. The van der Waals surface area contributed by atoms with Gasteiger partial charge in [-0.3, -0.25) is 4.79 Å². The van der Waals surface area contributed by atoms with Crippen LogP contribution < -0.4 is 4.74 Å². The first-order chi connectivity index (χ1) is 12.0. The molecule has 0 N–H and O–H groups in total. The molecule has 130 valence electrons. The highest BCUT2D eigenvalue weighted by Crippen LogP contribution is 2.24. The maximum atomic E-state index is 12.0. The summed E-state index contributed by atoms with van der Waals surface area (Å²) in [4.78, 5) is 16.2. The predicted octanol–water partition coefficient (Wildman–Crippen LogP) is 3.36. The molecule has 7 nitrogen and oxygen atoms in total. The highest BCUT2D eigenvalue weighted by molar-refractivity contribution is 7.09. The van der Waals surface area contributed by atoms with E-state index >= 15 is 0 Å². The molecular weight excluding hydrogens is 342 g/mol. The van der Waals surface area contributed by atoms with E-state index in [2.05, 4.69) is 15.2 Å². The van der Waals surface area contributed by atoms with E-state index in [4.69, 9.17) is 13.9 Å². The van der Waals surface area contributed by atoms with Crippen molar-refractivity contribution in [3.8, 4) is 17.2 Å². The number of aryl methyl sites for hydroxylation is 1. The maximum Gasteiger partial charge on any atom is 0.312 e. The second-order valence-electron chi connectivity index (χ2n) is 5.34. The van der Waals surface area contributed by atoms with Gasteiger partial charge in [-0.2, -0.15) is 0 Å².